The Morgan fingerprint density at radius 3 is 1.48 bits per heavy atom. The van der Waals surface area contributed by atoms with Gasteiger partial charge < -0.3 is 23.8 Å². The molecule has 2 unspecified atom stereocenters. The molecule has 346 valence electrons. The summed E-state index contributed by atoms with van der Waals surface area (Å²) in [5.74, 6) is -1.48. The lowest BCUT2D eigenvalue weighted by Crippen LogP contribution is -2.50. The summed E-state index contributed by atoms with van der Waals surface area (Å²) in [5.41, 5.74) is 0. The minimum absolute atomic E-state index is 0.0550. The predicted molar refractivity (Wildman–Crippen MR) is 252 cm³/mol. The van der Waals surface area contributed by atoms with Crippen molar-refractivity contribution >= 4 is 17.9 Å². The van der Waals surface area contributed by atoms with Crippen LogP contribution in [-0.2, 0) is 28.6 Å². The number of carbonyl (C=O) groups excluding carboxylic acids is 2. The van der Waals surface area contributed by atoms with Crippen LogP contribution in [0, 0.1) is 0 Å². The third kappa shape index (κ3) is 40.4. The molecule has 0 spiro atoms. The zero-order valence-corrected chi connectivity index (χ0v) is 39.4. The summed E-state index contributed by atoms with van der Waals surface area (Å²) in [6, 6.07) is -0.619. The number of allylic oxidation sites excluding steroid dienone is 10. The largest absolute Gasteiger partial charge is 0.477 e. The second-order valence-electron chi connectivity index (χ2n) is 17.4. The molecule has 0 saturated heterocycles. The van der Waals surface area contributed by atoms with Gasteiger partial charge in [0.25, 0.3) is 0 Å². The van der Waals surface area contributed by atoms with Crippen LogP contribution in [0.1, 0.15) is 200 Å². The van der Waals surface area contributed by atoms with Crippen LogP contribution < -0.4 is 0 Å². The summed E-state index contributed by atoms with van der Waals surface area (Å²) in [6.07, 6.45) is 52.6. The van der Waals surface area contributed by atoms with E-state index < -0.39 is 18.1 Å². The van der Waals surface area contributed by atoms with E-state index in [-0.39, 0.29) is 36.2 Å². The number of nitrogens with zero attached hydrogens (tertiary/aromatic N) is 1. The third-order valence-corrected chi connectivity index (χ3v) is 10.7. The van der Waals surface area contributed by atoms with E-state index in [0.717, 1.165) is 70.6 Å². The van der Waals surface area contributed by atoms with Gasteiger partial charge in [-0.25, -0.2) is 4.79 Å². The van der Waals surface area contributed by atoms with Crippen molar-refractivity contribution in [3.8, 4) is 0 Å². The van der Waals surface area contributed by atoms with Crippen LogP contribution in [0.5, 0.6) is 0 Å². The first-order valence-electron chi connectivity index (χ1n) is 24.3. The van der Waals surface area contributed by atoms with Gasteiger partial charge in [0.1, 0.15) is 6.61 Å². The van der Waals surface area contributed by atoms with Crippen molar-refractivity contribution in [1.29, 1.82) is 0 Å². The Morgan fingerprint density at radius 1 is 0.533 bits per heavy atom. The first-order valence-corrected chi connectivity index (χ1v) is 24.3. The van der Waals surface area contributed by atoms with Gasteiger partial charge in [-0.2, -0.15) is 0 Å². The maximum Gasteiger partial charge on any atom is 0.362 e. The quantitative estimate of drug-likeness (QED) is 0.0215. The van der Waals surface area contributed by atoms with Gasteiger partial charge in [0.05, 0.1) is 34.4 Å². The molecule has 0 saturated carbocycles. The maximum atomic E-state index is 12.8. The Morgan fingerprint density at radius 2 is 0.983 bits per heavy atom. The lowest BCUT2D eigenvalue weighted by atomic mass is 10.0. The molecular weight excluding hydrogens is 751 g/mol. The van der Waals surface area contributed by atoms with E-state index in [1.165, 1.54) is 96.3 Å². The van der Waals surface area contributed by atoms with Gasteiger partial charge in [-0.15, -0.1) is 0 Å². The van der Waals surface area contributed by atoms with Gasteiger partial charge in [0.15, 0.2) is 12.1 Å². The SMILES string of the molecule is CC/C=C/C/C=C/C/C=C/CCCCCCCCCCCCCC(=O)OC(COCCC(C(=O)O)[N+](C)(C)C)COC(=O)CCCCCCCC/C=C/C=C/CCCCC. The van der Waals surface area contributed by atoms with E-state index in [0.29, 0.717) is 19.3 Å². The molecule has 2 atom stereocenters. The van der Waals surface area contributed by atoms with Gasteiger partial charge >= 0.3 is 17.9 Å². The van der Waals surface area contributed by atoms with Crippen molar-refractivity contribution in [2.45, 2.75) is 212 Å². The first-order chi connectivity index (χ1) is 29.1. The average molecular weight is 843 g/mol. The highest BCUT2D eigenvalue weighted by Crippen LogP contribution is 2.15. The molecule has 0 fully saturated rings. The van der Waals surface area contributed by atoms with Crippen LogP contribution in [0.25, 0.3) is 0 Å². The Labute approximate surface area is 368 Å². The summed E-state index contributed by atoms with van der Waals surface area (Å²) < 4.78 is 17.3. The highest BCUT2D eigenvalue weighted by molar-refractivity contribution is 5.72. The number of hydrogen-bond acceptors (Lipinski definition) is 6. The fourth-order valence-electron chi connectivity index (χ4n) is 6.92. The molecular formula is C52H92NO7+. The topological polar surface area (TPSA) is 99.1 Å². The van der Waals surface area contributed by atoms with Crippen LogP contribution >= 0.6 is 0 Å². The zero-order valence-electron chi connectivity index (χ0n) is 39.4. The molecule has 0 radical (unpaired) electrons. The van der Waals surface area contributed by atoms with Gasteiger partial charge in [0.2, 0.25) is 0 Å². The summed E-state index contributed by atoms with van der Waals surface area (Å²) in [6.45, 7) is 4.59. The summed E-state index contributed by atoms with van der Waals surface area (Å²) in [5, 5.41) is 9.64. The molecule has 8 nitrogen and oxygen atoms in total. The molecule has 8 heteroatoms. The van der Waals surface area contributed by atoms with Crippen LogP contribution in [0.2, 0.25) is 0 Å². The number of likely N-dealkylation sites (N-methyl/N-ethyl adjacent to an activating group) is 1. The minimum Gasteiger partial charge on any atom is -0.477 e. The Hall–Kier alpha value is -2.97. The first kappa shape index (κ1) is 57.0. The van der Waals surface area contributed by atoms with Crippen molar-refractivity contribution in [1.82, 2.24) is 0 Å². The lowest BCUT2D eigenvalue weighted by Gasteiger charge is -2.31. The van der Waals surface area contributed by atoms with Gasteiger partial charge in [-0.05, 0) is 70.6 Å². The molecule has 60 heavy (non-hydrogen) atoms. The predicted octanol–water partition coefficient (Wildman–Crippen LogP) is 13.8. The molecule has 0 aliphatic rings. The van der Waals surface area contributed by atoms with Crippen LogP contribution in [0.4, 0.5) is 0 Å². The lowest BCUT2D eigenvalue weighted by molar-refractivity contribution is -0.887. The number of ether oxygens (including phenoxy) is 3. The van der Waals surface area contributed by atoms with E-state index in [1.807, 2.05) is 21.1 Å². The highest BCUT2D eigenvalue weighted by atomic mass is 16.6. The van der Waals surface area contributed by atoms with Gasteiger partial charge in [-0.1, -0.05) is 171 Å². The van der Waals surface area contributed by atoms with Crippen molar-refractivity contribution in [2.24, 2.45) is 0 Å². The van der Waals surface area contributed by atoms with Gasteiger partial charge in [-0.3, -0.25) is 9.59 Å². The molecule has 0 aromatic carbocycles. The second-order valence-corrected chi connectivity index (χ2v) is 17.4. The number of carboxylic acid groups (broad SMARTS) is 1. The van der Waals surface area contributed by atoms with E-state index in [4.69, 9.17) is 14.2 Å². The number of hydrogen-bond donors (Lipinski definition) is 1. The van der Waals surface area contributed by atoms with Crippen LogP contribution in [-0.4, -0.2) is 80.6 Å². The van der Waals surface area contributed by atoms with Crippen molar-refractivity contribution in [3.63, 3.8) is 0 Å². The van der Waals surface area contributed by atoms with Crippen molar-refractivity contribution in [3.05, 3.63) is 60.8 Å². The average Bonchev–Trinajstić information content (AvgIpc) is 3.21. The van der Waals surface area contributed by atoms with E-state index in [2.05, 4.69) is 74.6 Å². The fraction of sp³-hybridized carbons (Fsp3) is 0.750. The smallest absolute Gasteiger partial charge is 0.362 e. The number of carboxylic acids is 1. The molecule has 0 aromatic rings. The standard InChI is InChI=1S/C52H91NO7/c1-6-8-10-12-14-16-18-20-22-23-24-25-26-27-29-31-33-35-37-39-41-43-51(55)60-48(46-58-45-44-49(52(56)57)53(3,4)5)47-59-50(54)42-40-38-36-34-32-30-28-21-19-17-15-13-11-9-7-2/h8,10,14-17,19-22,48-49H,6-7,9,11-13,18,23-47H2,1-5H3/p+1/b10-8+,16-14+,17-15+,21-19+,22-20+. The molecule has 1 N–H and O–H groups in total. The maximum absolute atomic E-state index is 12.8. The molecule has 0 aliphatic carbocycles. The monoisotopic (exact) mass is 843 g/mol. The Balaban J connectivity index is 4.28. The molecule has 0 bridgehead atoms. The van der Waals surface area contributed by atoms with Crippen LogP contribution in [0.3, 0.4) is 0 Å². The molecule has 0 aliphatic heterocycles. The number of aliphatic carboxylic acids is 1. The van der Waals surface area contributed by atoms with E-state index >= 15 is 0 Å². The fourth-order valence-corrected chi connectivity index (χ4v) is 6.92. The Bertz CT molecular complexity index is 1170. The van der Waals surface area contributed by atoms with Crippen molar-refractivity contribution in [2.75, 3.05) is 41.0 Å². The number of unbranched alkanes of at least 4 members (excludes halogenated alkanes) is 20. The zero-order chi connectivity index (χ0) is 44.2. The number of quaternary nitrogens is 1. The summed E-state index contributed by atoms with van der Waals surface area (Å²) in [4.78, 5) is 37.1. The van der Waals surface area contributed by atoms with Crippen molar-refractivity contribution < 1.29 is 38.2 Å². The number of carbonyl (C=O) groups is 3. The second kappa shape index (κ2) is 42.7. The highest BCUT2D eigenvalue weighted by Gasteiger charge is 2.31. The third-order valence-electron chi connectivity index (χ3n) is 10.7. The van der Waals surface area contributed by atoms with E-state index in [1.54, 1.807) is 0 Å². The molecule has 0 aromatic heterocycles. The number of rotatable bonds is 43. The normalized spacial score (nSPS) is 13.4. The Kier molecular flexibility index (Phi) is 40.6. The minimum atomic E-state index is -0.878. The van der Waals surface area contributed by atoms with Crippen LogP contribution in [0.15, 0.2) is 60.8 Å². The van der Waals surface area contributed by atoms with Gasteiger partial charge in [0, 0.05) is 19.3 Å². The molecule has 0 heterocycles. The van der Waals surface area contributed by atoms with E-state index in [9.17, 15) is 19.5 Å². The molecule has 0 rings (SSSR count). The summed E-state index contributed by atoms with van der Waals surface area (Å²) in [7, 11) is 5.53. The number of esters is 2. The molecule has 0 amide bonds. The summed E-state index contributed by atoms with van der Waals surface area (Å²) >= 11 is 0.